The number of alkyl halides is 1. The highest BCUT2D eigenvalue weighted by molar-refractivity contribution is 7.65. The van der Waals surface area contributed by atoms with Crippen LogP contribution in [0.2, 0.25) is 0 Å². The second kappa shape index (κ2) is 4.31. The van der Waals surface area contributed by atoms with E-state index in [2.05, 4.69) is 4.67 Å². The molecule has 0 saturated carbocycles. The molecule has 2 fully saturated rings. The summed E-state index contributed by atoms with van der Waals surface area (Å²) in [7, 11) is -2.55. The van der Waals surface area contributed by atoms with Crippen molar-refractivity contribution in [3.8, 4) is 0 Å². The number of fused-ring (bicyclic) bond motifs is 1. The highest BCUT2D eigenvalue weighted by atomic mass is 35.5. The van der Waals surface area contributed by atoms with Crippen LogP contribution in [-0.2, 0) is 4.57 Å². The van der Waals surface area contributed by atoms with Crippen LogP contribution in [0.25, 0.3) is 0 Å². The summed E-state index contributed by atoms with van der Waals surface area (Å²) < 4.78 is 17.2. The normalized spacial score (nSPS) is 33.0. The molecule has 0 spiro atoms. The number of anilines is 1. The van der Waals surface area contributed by atoms with E-state index in [4.69, 9.17) is 11.6 Å². The minimum Gasteiger partial charge on any atom is -0.308 e. The topological polar surface area (TPSA) is 23.6 Å². The average molecular weight is 271 g/mol. The van der Waals surface area contributed by atoms with Crippen molar-refractivity contribution in [1.82, 2.24) is 4.67 Å². The van der Waals surface area contributed by atoms with Gasteiger partial charge >= 0.3 is 0 Å². The van der Waals surface area contributed by atoms with Gasteiger partial charge in [-0.3, -0.25) is 4.57 Å². The van der Waals surface area contributed by atoms with E-state index in [1.165, 1.54) is 0 Å². The van der Waals surface area contributed by atoms with E-state index in [1.807, 2.05) is 35.0 Å². The molecule has 3 nitrogen and oxygen atoms in total. The summed E-state index contributed by atoms with van der Waals surface area (Å²) >= 11 is 6.01. The fourth-order valence-corrected chi connectivity index (χ4v) is 6.34. The number of para-hydroxylation sites is 1. The minimum absolute atomic E-state index is 0.221. The SMILES string of the molecule is O=[P@]1(CCl)N(c2ccccc2)C[C@@H]2CCCN21. The van der Waals surface area contributed by atoms with Gasteiger partial charge in [0.25, 0.3) is 7.44 Å². The van der Waals surface area contributed by atoms with Crippen LogP contribution in [0.3, 0.4) is 0 Å². The summed E-state index contributed by atoms with van der Waals surface area (Å²) in [5, 5.41) is 0. The maximum absolute atomic E-state index is 13.0. The lowest BCUT2D eigenvalue weighted by Crippen LogP contribution is -2.20. The fourth-order valence-electron chi connectivity index (χ4n) is 2.90. The van der Waals surface area contributed by atoms with Gasteiger partial charge in [-0.2, -0.15) is 0 Å². The Hall–Kier alpha value is -0.500. The van der Waals surface area contributed by atoms with Gasteiger partial charge in [0.15, 0.2) is 0 Å². The van der Waals surface area contributed by atoms with Crippen LogP contribution in [0.1, 0.15) is 12.8 Å². The molecule has 1 aromatic rings. The van der Waals surface area contributed by atoms with E-state index in [9.17, 15) is 4.57 Å². The third kappa shape index (κ3) is 1.72. The molecule has 0 bridgehead atoms. The smallest absolute Gasteiger partial charge is 0.254 e. The first-order valence-electron chi connectivity index (χ1n) is 6.01. The molecule has 2 aliphatic rings. The Kier molecular flexibility index (Phi) is 2.94. The third-order valence-electron chi connectivity index (χ3n) is 3.72. The predicted octanol–water partition coefficient (Wildman–Crippen LogP) is 3.36. The number of halogens is 1. The lowest BCUT2D eigenvalue weighted by molar-refractivity contribution is 0.433. The molecular weight excluding hydrogens is 255 g/mol. The van der Waals surface area contributed by atoms with Gasteiger partial charge in [0.1, 0.15) is 5.62 Å². The van der Waals surface area contributed by atoms with Crippen LogP contribution in [0.15, 0.2) is 30.3 Å². The Morgan fingerprint density at radius 2 is 2.12 bits per heavy atom. The summed E-state index contributed by atoms with van der Waals surface area (Å²) in [5.74, 6) is 0. The quantitative estimate of drug-likeness (QED) is 0.608. The zero-order valence-electron chi connectivity index (χ0n) is 9.63. The van der Waals surface area contributed by atoms with Crippen molar-refractivity contribution in [1.29, 1.82) is 0 Å². The molecule has 0 amide bonds. The summed E-state index contributed by atoms with van der Waals surface area (Å²) in [5.41, 5.74) is 1.25. The van der Waals surface area contributed by atoms with E-state index in [0.29, 0.717) is 6.04 Å². The van der Waals surface area contributed by atoms with Crippen molar-refractivity contribution < 1.29 is 4.57 Å². The summed E-state index contributed by atoms with van der Waals surface area (Å²) in [4.78, 5) is 0. The lowest BCUT2D eigenvalue weighted by Gasteiger charge is -2.29. The van der Waals surface area contributed by atoms with Crippen molar-refractivity contribution in [3.05, 3.63) is 30.3 Å². The van der Waals surface area contributed by atoms with Crippen molar-refractivity contribution in [2.24, 2.45) is 0 Å². The number of benzene rings is 1. The summed E-state index contributed by atoms with van der Waals surface area (Å²) in [6.45, 7) is 1.78. The van der Waals surface area contributed by atoms with Crippen LogP contribution >= 0.6 is 19.0 Å². The standard InChI is InChI=1S/C12H16ClN2OP/c13-10-17(16)14-8-4-7-12(14)9-15(17)11-5-2-1-3-6-11/h1-3,5-6,12H,4,7-10H2/t12-,17-/m0/s1. The van der Waals surface area contributed by atoms with Crippen LogP contribution in [-0.4, -0.2) is 29.4 Å². The largest absolute Gasteiger partial charge is 0.308 e. The monoisotopic (exact) mass is 270 g/mol. The van der Waals surface area contributed by atoms with Gasteiger partial charge in [0.05, 0.1) is 0 Å². The molecule has 0 aliphatic carbocycles. The van der Waals surface area contributed by atoms with E-state index in [0.717, 1.165) is 31.6 Å². The first-order valence-corrected chi connectivity index (χ1v) is 8.34. The van der Waals surface area contributed by atoms with E-state index >= 15 is 0 Å². The van der Waals surface area contributed by atoms with Crippen molar-refractivity contribution in [2.45, 2.75) is 18.9 Å². The second-order valence-electron chi connectivity index (χ2n) is 4.66. The molecule has 0 radical (unpaired) electrons. The Balaban J connectivity index is 1.99. The number of hydrogen-bond acceptors (Lipinski definition) is 1. The van der Waals surface area contributed by atoms with E-state index < -0.39 is 7.44 Å². The Bertz CT molecular complexity index is 453. The number of rotatable bonds is 2. The van der Waals surface area contributed by atoms with Gasteiger partial charge in [-0.25, -0.2) is 4.67 Å². The minimum atomic E-state index is -2.55. The molecule has 92 valence electrons. The van der Waals surface area contributed by atoms with Gasteiger partial charge in [0.2, 0.25) is 0 Å². The Morgan fingerprint density at radius 1 is 1.35 bits per heavy atom. The molecular formula is C12H16ClN2OP. The zero-order chi connectivity index (χ0) is 11.9. The van der Waals surface area contributed by atoms with Gasteiger partial charge in [-0.15, -0.1) is 11.6 Å². The Morgan fingerprint density at radius 3 is 2.82 bits per heavy atom. The molecule has 0 aromatic heterocycles. The van der Waals surface area contributed by atoms with Crippen LogP contribution in [0.4, 0.5) is 5.69 Å². The maximum atomic E-state index is 13.0. The van der Waals surface area contributed by atoms with Crippen LogP contribution in [0, 0.1) is 0 Å². The van der Waals surface area contributed by atoms with E-state index in [1.54, 1.807) is 0 Å². The first-order chi connectivity index (χ1) is 8.25. The predicted molar refractivity (Wildman–Crippen MR) is 71.8 cm³/mol. The molecule has 1 aromatic carbocycles. The molecule has 5 heteroatoms. The van der Waals surface area contributed by atoms with Crippen LogP contribution in [0.5, 0.6) is 0 Å². The van der Waals surface area contributed by atoms with E-state index in [-0.39, 0.29) is 5.62 Å². The van der Waals surface area contributed by atoms with Crippen molar-refractivity contribution in [2.75, 3.05) is 23.4 Å². The van der Waals surface area contributed by atoms with Crippen molar-refractivity contribution in [3.63, 3.8) is 0 Å². The summed E-state index contributed by atoms with van der Waals surface area (Å²) in [6.07, 6.45) is 2.29. The molecule has 2 atom stereocenters. The number of nitrogens with zero attached hydrogens (tertiary/aromatic N) is 2. The van der Waals surface area contributed by atoms with Gasteiger partial charge < -0.3 is 4.67 Å². The molecule has 2 saturated heterocycles. The van der Waals surface area contributed by atoms with Gasteiger partial charge in [-0.1, -0.05) is 18.2 Å². The maximum Gasteiger partial charge on any atom is 0.254 e. The number of hydrogen-bond donors (Lipinski definition) is 0. The van der Waals surface area contributed by atoms with Gasteiger partial charge in [0, 0.05) is 24.8 Å². The molecule has 3 rings (SSSR count). The molecule has 0 N–H and O–H groups in total. The third-order valence-corrected chi connectivity index (χ3v) is 7.44. The molecule has 2 aliphatic heterocycles. The summed E-state index contributed by atoms with van der Waals surface area (Å²) in [6, 6.07) is 10.4. The average Bonchev–Trinajstić information content (AvgIpc) is 2.93. The fraction of sp³-hybridized carbons (Fsp3) is 0.500. The highest BCUT2D eigenvalue weighted by Gasteiger charge is 2.49. The lowest BCUT2D eigenvalue weighted by atomic mass is 10.2. The molecule has 0 unspecified atom stereocenters. The second-order valence-corrected chi connectivity index (χ2v) is 7.94. The van der Waals surface area contributed by atoms with Gasteiger partial charge in [-0.05, 0) is 25.0 Å². The molecule has 17 heavy (non-hydrogen) atoms. The molecule has 2 heterocycles. The van der Waals surface area contributed by atoms with Crippen molar-refractivity contribution >= 4 is 24.7 Å². The zero-order valence-corrected chi connectivity index (χ0v) is 11.3. The first kappa shape index (κ1) is 11.6. The highest BCUT2D eigenvalue weighted by Crippen LogP contribution is 2.63. The van der Waals surface area contributed by atoms with Crippen LogP contribution < -0.4 is 4.67 Å². The Labute approximate surface area is 107 Å².